The van der Waals surface area contributed by atoms with E-state index in [4.69, 9.17) is 24.0 Å². The molecule has 0 aromatic heterocycles. The largest absolute Gasteiger partial charge is 0.469 e. The Morgan fingerprint density at radius 1 is 0.732 bits per heavy atom. The molecule has 0 amide bonds. The summed E-state index contributed by atoms with van der Waals surface area (Å²) in [6.45, 7) is 3.37. The molecule has 0 spiro atoms. The summed E-state index contributed by atoms with van der Waals surface area (Å²) in [5, 5.41) is 30.9. The van der Waals surface area contributed by atoms with E-state index in [1.807, 2.05) is 12.2 Å². The Labute approximate surface area is 338 Å². The van der Waals surface area contributed by atoms with Crippen molar-refractivity contribution in [2.45, 2.75) is 218 Å². The Kier molecular flexibility index (Phi) is 32.0. The molecule has 0 aliphatic carbocycles. The van der Waals surface area contributed by atoms with Crippen LogP contribution in [0.4, 0.5) is 0 Å². The molecule has 1 rings (SSSR count). The predicted octanol–water partition coefficient (Wildman–Crippen LogP) is 9.29. The molecule has 0 radical (unpaired) electrons. The Balaban J connectivity index is 2.29. The number of phosphoric acid groups is 1. The van der Waals surface area contributed by atoms with Crippen molar-refractivity contribution >= 4 is 19.8 Å². The van der Waals surface area contributed by atoms with Gasteiger partial charge in [-0.15, -0.1) is 0 Å². The van der Waals surface area contributed by atoms with Gasteiger partial charge in [-0.1, -0.05) is 160 Å². The first-order chi connectivity index (χ1) is 26.9. The van der Waals surface area contributed by atoms with Gasteiger partial charge in [-0.05, 0) is 32.1 Å². The standard InChI is InChI=1S/C43H79O12P/c1-3-5-7-8-9-10-11-12-13-14-15-16-17-18-19-20-25-29-41(46)52-34-37(35-53-56(49,50)51)54-42(47)30-26-22-21-24-28-38-39(45)33-43(48)55-40(38)32-31-36(44)27-23-6-4-2/h21,24,31-32,36-40,43-45,48H,3-20,22-23,25-30,33-35H2,1-2H3,(H2,49,50,51)/b24-21-,32-31+/t36-,37+,38-,39-,40+,43?/m0/s1. The van der Waals surface area contributed by atoms with Crippen molar-refractivity contribution < 1.29 is 58.0 Å². The van der Waals surface area contributed by atoms with Gasteiger partial charge >= 0.3 is 19.8 Å². The van der Waals surface area contributed by atoms with Crippen LogP contribution in [-0.4, -0.2) is 81.0 Å². The lowest BCUT2D eigenvalue weighted by Gasteiger charge is -2.36. The maximum Gasteiger partial charge on any atom is 0.469 e. The summed E-state index contributed by atoms with van der Waals surface area (Å²) in [6.07, 6.45) is 29.4. The van der Waals surface area contributed by atoms with Gasteiger partial charge in [-0.3, -0.25) is 14.1 Å². The minimum absolute atomic E-state index is 0.0204. The maximum absolute atomic E-state index is 12.5. The lowest BCUT2D eigenvalue weighted by molar-refractivity contribution is -0.199. The van der Waals surface area contributed by atoms with E-state index in [0.717, 1.165) is 38.5 Å². The zero-order valence-electron chi connectivity index (χ0n) is 34.8. The Morgan fingerprint density at radius 3 is 1.84 bits per heavy atom. The smallest absolute Gasteiger partial charge is 0.462 e. The van der Waals surface area contributed by atoms with Crippen LogP contribution in [0.1, 0.15) is 187 Å². The van der Waals surface area contributed by atoms with E-state index in [-0.39, 0.29) is 31.8 Å². The zero-order valence-corrected chi connectivity index (χ0v) is 35.7. The molecule has 12 nitrogen and oxygen atoms in total. The highest BCUT2D eigenvalue weighted by Gasteiger charge is 2.35. The van der Waals surface area contributed by atoms with Gasteiger partial charge in [0.15, 0.2) is 12.4 Å². The van der Waals surface area contributed by atoms with E-state index in [2.05, 4.69) is 18.4 Å². The number of hydrogen-bond acceptors (Lipinski definition) is 10. The molecule has 1 aliphatic heterocycles. The summed E-state index contributed by atoms with van der Waals surface area (Å²) in [4.78, 5) is 43.1. The fourth-order valence-electron chi connectivity index (χ4n) is 6.88. The first-order valence-corrected chi connectivity index (χ1v) is 23.6. The van der Waals surface area contributed by atoms with Gasteiger partial charge in [0.2, 0.25) is 0 Å². The van der Waals surface area contributed by atoms with Crippen molar-refractivity contribution in [2.24, 2.45) is 5.92 Å². The average Bonchev–Trinajstić information content (AvgIpc) is 3.14. The number of ether oxygens (including phenoxy) is 3. The third kappa shape index (κ3) is 30.4. The third-order valence-electron chi connectivity index (χ3n) is 10.3. The number of aliphatic hydroxyl groups excluding tert-OH is 3. The number of aliphatic hydroxyl groups is 3. The molecular weight excluding hydrogens is 739 g/mol. The molecule has 13 heteroatoms. The van der Waals surface area contributed by atoms with Crippen LogP contribution in [0.3, 0.4) is 0 Å². The van der Waals surface area contributed by atoms with Crippen LogP contribution in [0.25, 0.3) is 0 Å². The second kappa shape index (κ2) is 34.3. The molecule has 56 heavy (non-hydrogen) atoms. The highest BCUT2D eigenvalue weighted by Crippen LogP contribution is 2.36. The van der Waals surface area contributed by atoms with Gasteiger partial charge in [0.25, 0.3) is 0 Å². The molecule has 1 heterocycles. The summed E-state index contributed by atoms with van der Waals surface area (Å²) in [7, 11) is -4.83. The molecule has 0 aromatic carbocycles. The zero-order chi connectivity index (χ0) is 41.3. The number of carbonyl (C=O) groups is 2. The SMILES string of the molecule is CCCCCCCCCCCCCCCCCCCC(=O)OC[C@H](COP(=O)(O)O)OC(=O)CCC/C=C\C[C@H]1[C@@H](O)CC(O)O[C@@H]1/C=C/[C@@H](O)CCCCC. The number of unbranched alkanes of at least 4 members (excludes halogenated alkanes) is 19. The normalized spacial score (nSPS) is 20.1. The second-order valence-electron chi connectivity index (χ2n) is 15.6. The third-order valence-corrected chi connectivity index (χ3v) is 10.8. The van der Waals surface area contributed by atoms with E-state index in [1.54, 1.807) is 12.2 Å². The molecule has 0 aromatic rings. The fraction of sp³-hybridized carbons (Fsp3) is 0.860. The summed E-state index contributed by atoms with van der Waals surface area (Å²) in [6, 6.07) is 0. The van der Waals surface area contributed by atoms with Crippen molar-refractivity contribution in [3.05, 3.63) is 24.3 Å². The molecule has 5 N–H and O–H groups in total. The first-order valence-electron chi connectivity index (χ1n) is 22.0. The molecule has 1 fully saturated rings. The summed E-state index contributed by atoms with van der Waals surface area (Å²) < 4.78 is 32.1. The Morgan fingerprint density at radius 2 is 1.27 bits per heavy atom. The molecule has 0 bridgehead atoms. The van der Waals surface area contributed by atoms with Crippen molar-refractivity contribution in [1.82, 2.24) is 0 Å². The van der Waals surface area contributed by atoms with Gasteiger partial charge in [-0.2, -0.15) is 0 Å². The van der Waals surface area contributed by atoms with Crippen molar-refractivity contribution in [3.8, 4) is 0 Å². The van der Waals surface area contributed by atoms with Crippen LogP contribution in [0.5, 0.6) is 0 Å². The number of esters is 2. The lowest BCUT2D eigenvalue weighted by atomic mass is 9.87. The first kappa shape index (κ1) is 52.4. The Hall–Kier alpha value is -1.63. The molecule has 1 unspecified atom stereocenters. The van der Waals surface area contributed by atoms with E-state index >= 15 is 0 Å². The topological polar surface area (TPSA) is 189 Å². The van der Waals surface area contributed by atoms with E-state index in [1.165, 1.54) is 83.5 Å². The number of allylic oxidation sites excluding steroid dienone is 2. The monoisotopic (exact) mass is 819 g/mol. The van der Waals surface area contributed by atoms with Crippen molar-refractivity contribution in [2.75, 3.05) is 13.2 Å². The fourth-order valence-corrected chi connectivity index (χ4v) is 7.24. The number of carbonyl (C=O) groups excluding carboxylic acids is 2. The molecule has 0 saturated carbocycles. The van der Waals surface area contributed by atoms with Crippen LogP contribution in [-0.2, 0) is 32.9 Å². The van der Waals surface area contributed by atoms with Gasteiger partial charge in [0.1, 0.15) is 6.61 Å². The lowest BCUT2D eigenvalue weighted by Crippen LogP contribution is -2.43. The van der Waals surface area contributed by atoms with Crippen molar-refractivity contribution in [3.63, 3.8) is 0 Å². The van der Waals surface area contributed by atoms with E-state index < -0.39 is 57.1 Å². The van der Waals surface area contributed by atoms with E-state index in [0.29, 0.717) is 32.1 Å². The predicted molar refractivity (Wildman–Crippen MR) is 220 cm³/mol. The minimum atomic E-state index is -4.83. The molecule has 328 valence electrons. The van der Waals surface area contributed by atoms with Crippen molar-refractivity contribution in [1.29, 1.82) is 0 Å². The average molecular weight is 819 g/mol. The molecule has 6 atom stereocenters. The maximum atomic E-state index is 12.5. The van der Waals surface area contributed by atoms with Gasteiger partial charge in [-0.25, -0.2) is 4.57 Å². The highest BCUT2D eigenvalue weighted by atomic mass is 31.2. The highest BCUT2D eigenvalue weighted by molar-refractivity contribution is 7.46. The second-order valence-corrected chi connectivity index (χ2v) is 16.8. The van der Waals surface area contributed by atoms with Crippen LogP contribution in [0.2, 0.25) is 0 Å². The summed E-state index contributed by atoms with van der Waals surface area (Å²) >= 11 is 0. The van der Waals surface area contributed by atoms with Crippen LogP contribution >= 0.6 is 7.82 Å². The molecule has 1 saturated heterocycles. The molecule has 1 aliphatic rings. The van der Waals surface area contributed by atoms with Crippen LogP contribution < -0.4 is 0 Å². The van der Waals surface area contributed by atoms with Crippen LogP contribution in [0, 0.1) is 5.92 Å². The van der Waals surface area contributed by atoms with Crippen LogP contribution in [0.15, 0.2) is 24.3 Å². The Bertz CT molecular complexity index is 1080. The summed E-state index contributed by atoms with van der Waals surface area (Å²) in [5.41, 5.74) is 0. The summed E-state index contributed by atoms with van der Waals surface area (Å²) in [5.74, 6) is -1.39. The number of hydrogen-bond donors (Lipinski definition) is 5. The number of phosphoric ester groups is 1. The van der Waals surface area contributed by atoms with Gasteiger partial charge < -0.3 is 39.3 Å². The van der Waals surface area contributed by atoms with Gasteiger partial charge in [0, 0.05) is 25.2 Å². The quantitative estimate of drug-likeness (QED) is 0.0175. The number of rotatable bonds is 36. The minimum Gasteiger partial charge on any atom is -0.462 e. The van der Waals surface area contributed by atoms with E-state index in [9.17, 15) is 29.5 Å². The van der Waals surface area contributed by atoms with Gasteiger partial charge in [0.05, 0.1) is 24.9 Å². The molecular formula is C43H79O12P.